The Kier molecular flexibility index (Phi) is 1.47. The highest BCUT2D eigenvalue weighted by Gasteiger charge is 2.52. The van der Waals surface area contributed by atoms with Gasteiger partial charge in [-0.3, -0.25) is 0 Å². The summed E-state index contributed by atoms with van der Waals surface area (Å²) in [5.41, 5.74) is -0.416. The van der Waals surface area contributed by atoms with E-state index in [1.165, 1.54) is 0 Å². The van der Waals surface area contributed by atoms with E-state index in [-0.39, 0.29) is 5.92 Å². The largest absolute Gasteiger partial charge is 0.303 e. The Morgan fingerprint density at radius 3 is 2.67 bits per heavy atom. The normalized spacial score (nSPS) is 49.6. The number of carbonyl (C=O) groups excluding carboxylic acids is 2. The molecule has 0 radical (unpaired) electrons. The first kappa shape index (κ1) is 7.71. The molecular weight excluding hydrogens is 152 g/mol. The Morgan fingerprint density at radius 2 is 2.17 bits per heavy atom. The molecule has 12 heavy (non-hydrogen) atoms. The van der Waals surface area contributed by atoms with E-state index in [1.54, 1.807) is 0 Å². The molecule has 2 heteroatoms. The Labute approximate surface area is 71.6 Å². The monoisotopic (exact) mass is 164 g/mol. The van der Waals surface area contributed by atoms with Crippen LogP contribution in [0.5, 0.6) is 0 Å². The summed E-state index contributed by atoms with van der Waals surface area (Å²) in [6.45, 7) is 1.90. The molecule has 64 valence electrons. The molecule has 2 nitrogen and oxygen atoms in total. The molecule has 1 fully saturated rings. The minimum atomic E-state index is -0.416. The summed E-state index contributed by atoms with van der Waals surface area (Å²) < 4.78 is 0. The molecule has 2 rings (SSSR count). The zero-order chi connectivity index (χ0) is 8.77. The van der Waals surface area contributed by atoms with Crippen LogP contribution in [-0.4, -0.2) is 12.6 Å². The molecule has 2 aliphatic carbocycles. The lowest BCUT2D eigenvalue weighted by atomic mass is 9.72. The highest BCUT2D eigenvalue weighted by Crippen LogP contribution is 2.53. The first-order valence-electron chi connectivity index (χ1n) is 4.32. The van der Waals surface area contributed by atoms with Crippen LogP contribution in [0.1, 0.15) is 13.3 Å². The molecule has 0 aliphatic heterocycles. The Bertz CT molecular complexity index is 257. The van der Waals surface area contributed by atoms with Crippen molar-refractivity contribution in [2.75, 3.05) is 0 Å². The van der Waals surface area contributed by atoms with Crippen molar-refractivity contribution in [2.24, 2.45) is 23.2 Å². The molecule has 2 bridgehead atoms. The number of hydrogen-bond donors (Lipinski definition) is 0. The van der Waals surface area contributed by atoms with E-state index in [1.807, 2.05) is 6.92 Å². The molecule has 0 aromatic carbocycles. The van der Waals surface area contributed by atoms with Crippen LogP contribution >= 0.6 is 0 Å². The van der Waals surface area contributed by atoms with Crippen molar-refractivity contribution >= 4 is 12.6 Å². The van der Waals surface area contributed by atoms with Crippen molar-refractivity contribution in [2.45, 2.75) is 13.3 Å². The van der Waals surface area contributed by atoms with Crippen molar-refractivity contribution in [3.05, 3.63) is 12.2 Å². The molecule has 0 amide bonds. The molecule has 0 saturated heterocycles. The molecule has 0 spiro atoms. The first-order valence-corrected chi connectivity index (χ1v) is 4.32. The molecule has 4 atom stereocenters. The van der Waals surface area contributed by atoms with E-state index in [9.17, 15) is 9.59 Å². The standard InChI is InChI=1S/C10H12O2/c1-10(6-12)8-3-2-7(4-8)9(10)5-11/h2-3,5-9H,4H2,1H3. The Balaban J connectivity index is 2.40. The van der Waals surface area contributed by atoms with Gasteiger partial charge in [0, 0.05) is 11.3 Å². The van der Waals surface area contributed by atoms with Gasteiger partial charge in [-0.2, -0.15) is 0 Å². The Hall–Kier alpha value is -0.920. The van der Waals surface area contributed by atoms with Crippen LogP contribution in [0.3, 0.4) is 0 Å². The maximum absolute atomic E-state index is 10.9. The van der Waals surface area contributed by atoms with Gasteiger partial charge in [-0.25, -0.2) is 0 Å². The maximum atomic E-state index is 10.9. The van der Waals surface area contributed by atoms with Gasteiger partial charge >= 0.3 is 0 Å². The van der Waals surface area contributed by atoms with Crippen LogP contribution in [0.4, 0.5) is 0 Å². The van der Waals surface area contributed by atoms with E-state index < -0.39 is 5.41 Å². The molecule has 0 heterocycles. The molecule has 0 aromatic heterocycles. The summed E-state index contributed by atoms with van der Waals surface area (Å²) in [5.74, 6) is 0.544. The van der Waals surface area contributed by atoms with Gasteiger partial charge in [-0.05, 0) is 18.3 Å². The summed E-state index contributed by atoms with van der Waals surface area (Å²) in [4.78, 5) is 21.7. The fourth-order valence-electron chi connectivity index (χ4n) is 2.58. The second kappa shape index (κ2) is 2.28. The number of hydrogen-bond acceptors (Lipinski definition) is 2. The highest BCUT2D eigenvalue weighted by molar-refractivity contribution is 5.72. The average molecular weight is 164 g/mol. The minimum Gasteiger partial charge on any atom is -0.303 e. The van der Waals surface area contributed by atoms with Gasteiger partial charge in [0.2, 0.25) is 0 Å². The van der Waals surface area contributed by atoms with Crippen LogP contribution in [0, 0.1) is 23.2 Å². The third kappa shape index (κ3) is 0.701. The predicted molar refractivity (Wildman–Crippen MR) is 44.5 cm³/mol. The lowest BCUT2D eigenvalue weighted by Crippen LogP contribution is -2.33. The predicted octanol–water partition coefficient (Wildman–Crippen LogP) is 1.21. The SMILES string of the molecule is CC1(C=O)C2C=CC(C2)C1C=O. The summed E-state index contributed by atoms with van der Waals surface area (Å²) in [5, 5.41) is 0. The first-order chi connectivity index (χ1) is 5.72. The second-order valence-corrected chi connectivity index (χ2v) is 4.04. The van der Waals surface area contributed by atoms with Crippen LogP contribution in [0.2, 0.25) is 0 Å². The van der Waals surface area contributed by atoms with Gasteiger partial charge in [-0.15, -0.1) is 0 Å². The van der Waals surface area contributed by atoms with Gasteiger partial charge in [0.25, 0.3) is 0 Å². The van der Waals surface area contributed by atoms with Crippen LogP contribution in [0.15, 0.2) is 12.2 Å². The highest BCUT2D eigenvalue weighted by atomic mass is 16.1. The average Bonchev–Trinajstić information content (AvgIpc) is 2.63. The fraction of sp³-hybridized carbons (Fsp3) is 0.600. The van der Waals surface area contributed by atoms with E-state index in [0.29, 0.717) is 11.8 Å². The van der Waals surface area contributed by atoms with Crippen molar-refractivity contribution in [1.82, 2.24) is 0 Å². The van der Waals surface area contributed by atoms with Crippen LogP contribution < -0.4 is 0 Å². The van der Waals surface area contributed by atoms with Gasteiger partial charge in [0.1, 0.15) is 12.6 Å². The van der Waals surface area contributed by atoms with Gasteiger partial charge < -0.3 is 9.59 Å². The van der Waals surface area contributed by atoms with Gasteiger partial charge in [0.15, 0.2) is 0 Å². The fourth-order valence-corrected chi connectivity index (χ4v) is 2.58. The lowest BCUT2D eigenvalue weighted by Gasteiger charge is -2.29. The number of aldehydes is 2. The Morgan fingerprint density at radius 1 is 1.42 bits per heavy atom. The molecule has 0 N–H and O–H groups in total. The lowest BCUT2D eigenvalue weighted by molar-refractivity contribution is -0.125. The smallest absolute Gasteiger partial charge is 0.127 e. The third-order valence-electron chi connectivity index (χ3n) is 3.50. The number of rotatable bonds is 2. The topological polar surface area (TPSA) is 34.1 Å². The summed E-state index contributed by atoms with van der Waals surface area (Å²) >= 11 is 0. The maximum Gasteiger partial charge on any atom is 0.127 e. The van der Waals surface area contributed by atoms with E-state index in [4.69, 9.17) is 0 Å². The van der Waals surface area contributed by atoms with Crippen molar-refractivity contribution in [3.63, 3.8) is 0 Å². The van der Waals surface area contributed by atoms with Crippen LogP contribution in [0.25, 0.3) is 0 Å². The zero-order valence-electron chi connectivity index (χ0n) is 7.07. The number of fused-ring (bicyclic) bond motifs is 2. The second-order valence-electron chi connectivity index (χ2n) is 4.04. The van der Waals surface area contributed by atoms with Crippen molar-refractivity contribution in [1.29, 1.82) is 0 Å². The van der Waals surface area contributed by atoms with Crippen molar-refractivity contribution < 1.29 is 9.59 Å². The number of carbonyl (C=O) groups is 2. The molecule has 0 aromatic rings. The summed E-state index contributed by atoms with van der Waals surface area (Å²) in [6, 6.07) is 0. The van der Waals surface area contributed by atoms with Gasteiger partial charge in [0.05, 0.1) is 0 Å². The van der Waals surface area contributed by atoms with E-state index in [0.717, 1.165) is 19.0 Å². The summed E-state index contributed by atoms with van der Waals surface area (Å²) in [7, 11) is 0. The van der Waals surface area contributed by atoms with Crippen molar-refractivity contribution in [3.8, 4) is 0 Å². The van der Waals surface area contributed by atoms with Gasteiger partial charge in [-0.1, -0.05) is 19.1 Å². The van der Waals surface area contributed by atoms with E-state index >= 15 is 0 Å². The molecule has 4 unspecified atom stereocenters. The zero-order valence-corrected chi connectivity index (χ0v) is 7.07. The molecular formula is C10H12O2. The quantitative estimate of drug-likeness (QED) is 0.454. The van der Waals surface area contributed by atoms with Crippen LogP contribution in [-0.2, 0) is 9.59 Å². The van der Waals surface area contributed by atoms with E-state index in [2.05, 4.69) is 12.2 Å². The number of allylic oxidation sites excluding steroid dienone is 2. The molecule has 1 saturated carbocycles. The summed E-state index contributed by atoms with van der Waals surface area (Å²) in [6.07, 6.45) is 7.05. The minimum absolute atomic E-state index is 0.0787. The third-order valence-corrected chi connectivity index (χ3v) is 3.50. The molecule has 2 aliphatic rings.